The van der Waals surface area contributed by atoms with Crippen LogP contribution in [0.15, 0.2) is 218 Å². The zero-order valence-electron chi connectivity index (χ0n) is 30.7. The van der Waals surface area contributed by atoms with Crippen LogP contribution in [0.1, 0.15) is 0 Å². The van der Waals surface area contributed by atoms with Gasteiger partial charge in [0, 0.05) is 32.9 Å². The van der Waals surface area contributed by atoms with Crippen molar-refractivity contribution in [2.75, 3.05) is 0 Å². The van der Waals surface area contributed by atoms with Crippen molar-refractivity contribution in [1.82, 2.24) is 9.13 Å². The minimum Gasteiger partial charge on any atom is -0.309 e. The summed E-state index contributed by atoms with van der Waals surface area (Å²) >= 11 is 0. The molecule has 2 heterocycles. The summed E-state index contributed by atoms with van der Waals surface area (Å²) in [6.45, 7) is 0. The Morgan fingerprint density at radius 1 is 0.196 bits per heavy atom. The van der Waals surface area contributed by atoms with E-state index in [2.05, 4.69) is 228 Å². The summed E-state index contributed by atoms with van der Waals surface area (Å²) in [5.41, 5.74) is 16.8. The molecule has 56 heavy (non-hydrogen) atoms. The summed E-state index contributed by atoms with van der Waals surface area (Å²) in [4.78, 5) is 0. The number of hydrogen-bond donors (Lipinski definition) is 0. The average Bonchev–Trinajstić information content (AvgIpc) is 3.79. The topological polar surface area (TPSA) is 9.86 Å². The van der Waals surface area contributed by atoms with E-state index in [1.54, 1.807) is 0 Å². The number of nitrogens with zero attached hydrogens (tertiary/aromatic N) is 2. The largest absolute Gasteiger partial charge is 0.309 e. The van der Waals surface area contributed by atoms with E-state index in [1.165, 1.54) is 88.1 Å². The highest BCUT2D eigenvalue weighted by molar-refractivity contribution is 6.12. The number of para-hydroxylation sites is 2. The van der Waals surface area contributed by atoms with Crippen molar-refractivity contribution >= 4 is 43.6 Å². The molecule has 0 aliphatic heterocycles. The molecular formula is C54H36N2. The lowest BCUT2D eigenvalue weighted by molar-refractivity contribution is 1.18. The number of fused-ring (bicyclic) bond motifs is 6. The van der Waals surface area contributed by atoms with Crippen LogP contribution in [-0.2, 0) is 0 Å². The minimum atomic E-state index is 1.15. The second kappa shape index (κ2) is 13.2. The Labute approximate surface area is 325 Å². The predicted molar refractivity (Wildman–Crippen MR) is 237 cm³/mol. The summed E-state index contributed by atoms with van der Waals surface area (Å²) in [6.07, 6.45) is 0. The van der Waals surface area contributed by atoms with Crippen LogP contribution in [0.25, 0.3) is 99.5 Å². The first-order valence-electron chi connectivity index (χ1n) is 19.3. The van der Waals surface area contributed by atoms with E-state index in [1.807, 2.05) is 0 Å². The standard InChI is InChI=1S/C54H36N2/c1-3-12-37(13-4-1)39-22-24-41(25-23-39)42-16-11-17-46(34-42)56-52-21-10-8-19-48(52)50-35-43(29-33-53(50)56)44-28-32-49-47-18-7-9-20-51(47)55(54(49)36-44)45-30-26-40(27-31-45)38-14-5-2-6-15-38/h1-36H. The van der Waals surface area contributed by atoms with Gasteiger partial charge in [0.05, 0.1) is 22.1 Å². The van der Waals surface area contributed by atoms with Gasteiger partial charge in [-0.05, 0) is 99.1 Å². The highest BCUT2D eigenvalue weighted by Crippen LogP contribution is 2.39. The minimum absolute atomic E-state index is 1.15. The summed E-state index contributed by atoms with van der Waals surface area (Å²) in [5.74, 6) is 0. The smallest absolute Gasteiger partial charge is 0.0547 e. The van der Waals surface area contributed by atoms with Gasteiger partial charge in [-0.1, -0.05) is 164 Å². The molecule has 2 heteroatoms. The molecule has 0 atom stereocenters. The van der Waals surface area contributed by atoms with Gasteiger partial charge in [0.15, 0.2) is 0 Å². The Balaban J connectivity index is 1.01. The van der Waals surface area contributed by atoms with Crippen LogP contribution >= 0.6 is 0 Å². The predicted octanol–water partition coefficient (Wildman–Crippen LogP) is 14.5. The molecule has 0 radical (unpaired) electrons. The van der Waals surface area contributed by atoms with Crippen molar-refractivity contribution in [3.05, 3.63) is 218 Å². The van der Waals surface area contributed by atoms with Crippen LogP contribution < -0.4 is 0 Å². The van der Waals surface area contributed by atoms with Crippen LogP contribution in [0.5, 0.6) is 0 Å². The fourth-order valence-corrected chi connectivity index (χ4v) is 8.60. The number of benzene rings is 9. The van der Waals surface area contributed by atoms with Gasteiger partial charge in [-0.2, -0.15) is 0 Å². The first-order valence-corrected chi connectivity index (χ1v) is 19.3. The summed E-state index contributed by atoms with van der Waals surface area (Å²) in [6, 6.07) is 79.4. The molecule has 0 N–H and O–H groups in total. The van der Waals surface area contributed by atoms with Crippen molar-refractivity contribution in [2.45, 2.75) is 0 Å². The molecule has 0 amide bonds. The maximum atomic E-state index is 2.41. The number of hydrogen-bond acceptors (Lipinski definition) is 0. The maximum absolute atomic E-state index is 2.41. The zero-order chi connectivity index (χ0) is 37.0. The van der Waals surface area contributed by atoms with Crippen LogP contribution in [0.2, 0.25) is 0 Å². The van der Waals surface area contributed by atoms with Gasteiger partial charge in [0.25, 0.3) is 0 Å². The highest BCUT2D eigenvalue weighted by Gasteiger charge is 2.17. The van der Waals surface area contributed by atoms with Crippen molar-refractivity contribution in [1.29, 1.82) is 0 Å². The van der Waals surface area contributed by atoms with Crippen molar-refractivity contribution < 1.29 is 0 Å². The Hall–Kier alpha value is -7.42. The van der Waals surface area contributed by atoms with E-state index in [4.69, 9.17) is 0 Å². The van der Waals surface area contributed by atoms with Crippen molar-refractivity contribution in [3.63, 3.8) is 0 Å². The van der Waals surface area contributed by atoms with Gasteiger partial charge in [-0.15, -0.1) is 0 Å². The molecule has 11 rings (SSSR count). The second-order valence-electron chi connectivity index (χ2n) is 14.6. The molecule has 0 saturated heterocycles. The fraction of sp³-hybridized carbons (Fsp3) is 0. The molecule has 9 aromatic carbocycles. The van der Waals surface area contributed by atoms with Gasteiger partial charge >= 0.3 is 0 Å². The van der Waals surface area contributed by atoms with E-state index in [0.29, 0.717) is 0 Å². The third-order valence-electron chi connectivity index (χ3n) is 11.3. The van der Waals surface area contributed by atoms with E-state index in [9.17, 15) is 0 Å². The van der Waals surface area contributed by atoms with Crippen LogP contribution in [0.3, 0.4) is 0 Å². The lowest BCUT2D eigenvalue weighted by Gasteiger charge is -2.12. The molecule has 11 aromatic rings. The maximum Gasteiger partial charge on any atom is 0.0547 e. The fourth-order valence-electron chi connectivity index (χ4n) is 8.60. The Morgan fingerprint density at radius 3 is 1.27 bits per heavy atom. The zero-order valence-corrected chi connectivity index (χ0v) is 30.7. The summed E-state index contributed by atoms with van der Waals surface area (Å²) < 4.78 is 4.83. The number of rotatable bonds is 6. The number of aromatic nitrogens is 2. The van der Waals surface area contributed by atoms with Gasteiger partial charge in [0.2, 0.25) is 0 Å². The quantitative estimate of drug-likeness (QED) is 0.162. The first kappa shape index (κ1) is 32.0. The van der Waals surface area contributed by atoms with Gasteiger partial charge < -0.3 is 9.13 Å². The van der Waals surface area contributed by atoms with Crippen LogP contribution in [-0.4, -0.2) is 9.13 Å². The molecule has 2 aromatic heterocycles. The molecule has 2 nitrogen and oxygen atoms in total. The average molecular weight is 713 g/mol. The molecule has 0 saturated carbocycles. The SMILES string of the molecule is c1ccc(-c2ccc(-c3cccc(-n4c5ccccc5c5cc(-c6ccc7c8ccccc8n(-c8ccc(-c9ccccc9)cc8)c7c6)ccc54)c3)cc2)cc1. The molecule has 0 aliphatic carbocycles. The molecular weight excluding hydrogens is 677 g/mol. The molecule has 0 bridgehead atoms. The van der Waals surface area contributed by atoms with Crippen LogP contribution in [0.4, 0.5) is 0 Å². The van der Waals surface area contributed by atoms with E-state index >= 15 is 0 Å². The van der Waals surface area contributed by atoms with Gasteiger partial charge in [-0.25, -0.2) is 0 Å². The normalized spacial score (nSPS) is 11.6. The van der Waals surface area contributed by atoms with Crippen molar-refractivity contribution in [3.8, 4) is 55.9 Å². The van der Waals surface area contributed by atoms with E-state index in [-0.39, 0.29) is 0 Å². The molecule has 262 valence electrons. The van der Waals surface area contributed by atoms with Crippen LogP contribution in [0, 0.1) is 0 Å². The van der Waals surface area contributed by atoms with Crippen molar-refractivity contribution in [2.24, 2.45) is 0 Å². The second-order valence-corrected chi connectivity index (χ2v) is 14.6. The Bertz CT molecular complexity index is 3200. The van der Waals surface area contributed by atoms with E-state index in [0.717, 1.165) is 11.4 Å². The lowest BCUT2D eigenvalue weighted by atomic mass is 10.00. The monoisotopic (exact) mass is 712 g/mol. The molecule has 0 fully saturated rings. The molecule has 0 spiro atoms. The third kappa shape index (κ3) is 5.34. The van der Waals surface area contributed by atoms with Gasteiger partial charge in [0.1, 0.15) is 0 Å². The lowest BCUT2D eigenvalue weighted by Crippen LogP contribution is -1.94. The molecule has 0 unspecified atom stereocenters. The Kier molecular flexibility index (Phi) is 7.53. The van der Waals surface area contributed by atoms with E-state index < -0.39 is 0 Å². The Morgan fingerprint density at radius 2 is 0.607 bits per heavy atom. The molecule has 0 aliphatic rings. The third-order valence-corrected chi connectivity index (χ3v) is 11.3. The summed E-state index contributed by atoms with van der Waals surface area (Å²) in [5, 5.41) is 5.00. The van der Waals surface area contributed by atoms with Gasteiger partial charge in [-0.3, -0.25) is 0 Å². The summed E-state index contributed by atoms with van der Waals surface area (Å²) in [7, 11) is 0. The highest BCUT2D eigenvalue weighted by atomic mass is 15.0. The first-order chi connectivity index (χ1) is 27.8.